The van der Waals surface area contributed by atoms with Gasteiger partial charge in [0.25, 0.3) is 0 Å². The summed E-state index contributed by atoms with van der Waals surface area (Å²) in [6, 6.07) is -1.12. The number of hydrogen-bond acceptors (Lipinski definition) is 3. The molecule has 16 heavy (non-hydrogen) atoms. The van der Waals surface area contributed by atoms with E-state index in [9.17, 15) is 14.4 Å². The van der Waals surface area contributed by atoms with Crippen molar-refractivity contribution >= 4 is 17.8 Å². The van der Waals surface area contributed by atoms with Gasteiger partial charge in [-0.3, -0.25) is 9.59 Å². The van der Waals surface area contributed by atoms with E-state index in [1.54, 1.807) is 4.90 Å². The highest BCUT2D eigenvalue weighted by atomic mass is 16.4. The van der Waals surface area contributed by atoms with Gasteiger partial charge in [-0.1, -0.05) is 0 Å². The lowest BCUT2D eigenvalue weighted by atomic mass is 10.2. The number of aliphatic carboxylic acids is 1. The average Bonchev–Trinajstić information content (AvgIpc) is 2.68. The molecule has 0 aromatic heterocycles. The minimum absolute atomic E-state index is 0.172. The van der Waals surface area contributed by atoms with E-state index < -0.39 is 17.9 Å². The van der Waals surface area contributed by atoms with Gasteiger partial charge in [-0.05, 0) is 12.8 Å². The molecule has 6 nitrogen and oxygen atoms in total. The molecule has 2 N–H and O–H groups in total. The standard InChI is InChI=1S/C10H16N2O4/c1-7(13)11-8(10(15)16)6-9(14)12-4-2-3-5-12/h8H,2-6H2,1H3,(H,11,13)(H,15,16). The van der Waals surface area contributed by atoms with E-state index >= 15 is 0 Å². The molecule has 0 spiro atoms. The van der Waals surface area contributed by atoms with Crippen LogP contribution in [0.2, 0.25) is 0 Å². The van der Waals surface area contributed by atoms with Crippen LogP contribution >= 0.6 is 0 Å². The summed E-state index contributed by atoms with van der Waals surface area (Å²) in [6.45, 7) is 2.60. The van der Waals surface area contributed by atoms with Gasteiger partial charge < -0.3 is 15.3 Å². The molecule has 1 atom stereocenters. The molecule has 1 saturated heterocycles. The Bertz CT molecular complexity index is 297. The zero-order valence-corrected chi connectivity index (χ0v) is 9.23. The topological polar surface area (TPSA) is 86.7 Å². The van der Waals surface area contributed by atoms with Gasteiger partial charge in [0.2, 0.25) is 11.8 Å². The third-order valence-electron chi connectivity index (χ3n) is 2.51. The van der Waals surface area contributed by atoms with Gasteiger partial charge in [0.15, 0.2) is 0 Å². The molecule has 1 aliphatic rings. The summed E-state index contributed by atoms with van der Waals surface area (Å²) in [5.41, 5.74) is 0. The number of rotatable bonds is 4. The van der Waals surface area contributed by atoms with E-state index in [2.05, 4.69) is 5.32 Å². The molecule has 0 aliphatic carbocycles. The molecule has 90 valence electrons. The van der Waals surface area contributed by atoms with Crippen molar-refractivity contribution in [1.82, 2.24) is 10.2 Å². The van der Waals surface area contributed by atoms with Gasteiger partial charge in [0.1, 0.15) is 6.04 Å². The maximum absolute atomic E-state index is 11.7. The van der Waals surface area contributed by atoms with Gasteiger partial charge in [0.05, 0.1) is 6.42 Å². The number of nitrogens with zero attached hydrogens (tertiary/aromatic N) is 1. The van der Waals surface area contributed by atoms with Crippen LogP contribution in [0.3, 0.4) is 0 Å². The lowest BCUT2D eigenvalue weighted by Crippen LogP contribution is -2.43. The van der Waals surface area contributed by atoms with Crippen LogP contribution in [0.25, 0.3) is 0 Å². The Morgan fingerprint density at radius 2 is 1.88 bits per heavy atom. The molecule has 0 bridgehead atoms. The Balaban J connectivity index is 2.50. The van der Waals surface area contributed by atoms with Crippen LogP contribution in [0, 0.1) is 0 Å². The van der Waals surface area contributed by atoms with Crippen LogP contribution < -0.4 is 5.32 Å². The van der Waals surface area contributed by atoms with Gasteiger partial charge in [-0.2, -0.15) is 0 Å². The fraction of sp³-hybridized carbons (Fsp3) is 0.700. The number of hydrogen-bond donors (Lipinski definition) is 2. The van der Waals surface area contributed by atoms with E-state index in [-0.39, 0.29) is 12.3 Å². The maximum Gasteiger partial charge on any atom is 0.326 e. The summed E-state index contributed by atoms with van der Waals surface area (Å²) >= 11 is 0. The quantitative estimate of drug-likeness (QED) is 0.684. The minimum atomic E-state index is -1.18. The van der Waals surface area contributed by atoms with Crippen molar-refractivity contribution in [3.8, 4) is 0 Å². The Morgan fingerprint density at radius 1 is 1.31 bits per heavy atom. The SMILES string of the molecule is CC(=O)NC(CC(=O)N1CCCC1)C(=O)O. The van der Waals surface area contributed by atoms with Crippen LogP contribution in [-0.4, -0.2) is 46.9 Å². The average molecular weight is 228 g/mol. The van der Waals surface area contributed by atoms with Crippen LogP contribution in [-0.2, 0) is 14.4 Å². The predicted octanol–water partition coefficient (Wildman–Crippen LogP) is -0.412. The second-order valence-electron chi connectivity index (χ2n) is 3.88. The van der Waals surface area contributed by atoms with E-state index in [1.807, 2.05) is 0 Å². The summed E-state index contributed by atoms with van der Waals surface area (Å²) in [4.78, 5) is 34.9. The molecule has 6 heteroatoms. The number of amides is 2. The van der Waals surface area contributed by atoms with Crippen LogP contribution in [0.15, 0.2) is 0 Å². The van der Waals surface area contributed by atoms with Gasteiger partial charge in [-0.15, -0.1) is 0 Å². The van der Waals surface area contributed by atoms with E-state index in [4.69, 9.17) is 5.11 Å². The number of carboxylic acids is 1. The summed E-state index contributed by atoms with van der Waals surface area (Å²) in [5, 5.41) is 11.1. The summed E-state index contributed by atoms with van der Waals surface area (Å²) < 4.78 is 0. The van der Waals surface area contributed by atoms with E-state index in [1.165, 1.54) is 6.92 Å². The molecule has 1 unspecified atom stereocenters. The third-order valence-corrected chi connectivity index (χ3v) is 2.51. The molecule has 1 aliphatic heterocycles. The number of carbonyl (C=O) groups is 3. The Morgan fingerprint density at radius 3 is 2.31 bits per heavy atom. The number of carbonyl (C=O) groups excluding carboxylic acids is 2. The number of likely N-dealkylation sites (tertiary alicyclic amines) is 1. The number of carboxylic acid groups (broad SMARTS) is 1. The normalized spacial score (nSPS) is 16.9. The van der Waals surface area contributed by atoms with Crippen molar-refractivity contribution in [3.63, 3.8) is 0 Å². The van der Waals surface area contributed by atoms with Crippen molar-refractivity contribution in [3.05, 3.63) is 0 Å². The second-order valence-corrected chi connectivity index (χ2v) is 3.88. The summed E-state index contributed by atoms with van der Waals surface area (Å²) in [5.74, 6) is -1.83. The number of nitrogens with one attached hydrogen (secondary N) is 1. The molecular formula is C10H16N2O4. The molecule has 0 saturated carbocycles. The Kier molecular flexibility index (Phi) is 4.28. The van der Waals surface area contributed by atoms with Crippen molar-refractivity contribution in [1.29, 1.82) is 0 Å². The molecule has 1 heterocycles. The molecule has 1 rings (SSSR count). The van der Waals surface area contributed by atoms with E-state index in [0.29, 0.717) is 13.1 Å². The van der Waals surface area contributed by atoms with Crippen molar-refractivity contribution in [2.75, 3.05) is 13.1 Å². The van der Waals surface area contributed by atoms with Gasteiger partial charge in [-0.25, -0.2) is 4.79 Å². The second kappa shape index (κ2) is 5.48. The Hall–Kier alpha value is -1.59. The zero-order chi connectivity index (χ0) is 12.1. The summed E-state index contributed by atoms with van der Waals surface area (Å²) in [6.07, 6.45) is 1.75. The molecular weight excluding hydrogens is 212 g/mol. The maximum atomic E-state index is 11.7. The van der Waals surface area contributed by atoms with Crippen LogP contribution in [0.4, 0.5) is 0 Å². The highest BCUT2D eigenvalue weighted by Crippen LogP contribution is 2.10. The first kappa shape index (κ1) is 12.5. The smallest absolute Gasteiger partial charge is 0.326 e. The van der Waals surface area contributed by atoms with Crippen molar-refractivity contribution in [2.24, 2.45) is 0 Å². The fourth-order valence-corrected chi connectivity index (χ4v) is 1.72. The van der Waals surface area contributed by atoms with Gasteiger partial charge in [0, 0.05) is 20.0 Å². The van der Waals surface area contributed by atoms with Crippen molar-refractivity contribution < 1.29 is 19.5 Å². The lowest BCUT2D eigenvalue weighted by molar-refractivity contribution is -0.144. The largest absolute Gasteiger partial charge is 0.480 e. The van der Waals surface area contributed by atoms with E-state index in [0.717, 1.165) is 12.8 Å². The highest BCUT2D eigenvalue weighted by Gasteiger charge is 2.26. The highest BCUT2D eigenvalue weighted by molar-refractivity contribution is 5.88. The first-order chi connectivity index (χ1) is 7.50. The predicted molar refractivity (Wildman–Crippen MR) is 55.7 cm³/mol. The third kappa shape index (κ3) is 3.52. The lowest BCUT2D eigenvalue weighted by Gasteiger charge is -2.18. The van der Waals surface area contributed by atoms with Crippen LogP contribution in [0.1, 0.15) is 26.2 Å². The first-order valence-corrected chi connectivity index (χ1v) is 5.28. The molecule has 0 aromatic carbocycles. The zero-order valence-electron chi connectivity index (χ0n) is 9.23. The molecule has 0 aromatic rings. The molecule has 0 radical (unpaired) electrons. The first-order valence-electron chi connectivity index (χ1n) is 5.28. The van der Waals surface area contributed by atoms with Gasteiger partial charge >= 0.3 is 5.97 Å². The Labute approximate surface area is 93.6 Å². The monoisotopic (exact) mass is 228 g/mol. The summed E-state index contributed by atoms with van der Waals surface area (Å²) in [7, 11) is 0. The molecule has 1 fully saturated rings. The molecule has 2 amide bonds. The van der Waals surface area contributed by atoms with Crippen LogP contribution in [0.5, 0.6) is 0 Å². The van der Waals surface area contributed by atoms with Crippen molar-refractivity contribution in [2.45, 2.75) is 32.2 Å². The fourth-order valence-electron chi connectivity index (χ4n) is 1.72. The minimum Gasteiger partial charge on any atom is -0.480 e.